The van der Waals surface area contributed by atoms with Crippen LogP contribution in [0.2, 0.25) is 0 Å². The third kappa shape index (κ3) is 3.10. The number of hydrogen-bond donors (Lipinski definition) is 3. The lowest BCUT2D eigenvalue weighted by molar-refractivity contribution is -0.147. The number of aliphatic carboxylic acids is 1. The smallest absolute Gasteiger partial charge is 0.408 e. The van der Waals surface area contributed by atoms with Crippen molar-refractivity contribution in [1.82, 2.24) is 10.2 Å². The monoisotopic (exact) mass is 300 g/mol. The number of carboxylic acids is 1. The summed E-state index contributed by atoms with van der Waals surface area (Å²) in [6.45, 7) is 5.10. The zero-order chi connectivity index (χ0) is 15.9. The molecule has 0 aliphatic carbocycles. The van der Waals surface area contributed by atoms with Crippen LogP contribution in [0.3, 0.4) is 0 Å². The first-order valence-electron chi connectivity index (χ1n) is 6.82. The molecule has 0 aromatic rings. The summed E-state index contributed by atoms with van der Waals surface area (Å²) in [4.78, 5) is 36.2. The number of rotatable bonds is 2. The second-order valence-electron chi connectivity index (χ2n) is 6.40. The van der Waals surface area contributed by atoms with Gasteiger partial charge in [-0.25, -0.2) is 9.59 Å². The first-order chi connectivity index (χ1) is 9.60. The van der Waals surface area contributed by atoms with Crippen molar-refractivity contribution in [3.8, 4) is 0 Å². The molecule has 0 bridgehead atoms. The molecule has 2 aliphatic rings. The molecule has 0 saturated carbocycles. The van der Waals surface area contributed by atoms with E-state index in [-0.39, 0.29) is 12.8 Å². The molecule has 0 aromatic heterocycles. The van der Waals surface area contributed by atoms with Gasteiger partial charge in [-0.2, -0.15) is 0 Å². The van der Waals surface area contributed by atoms with Gasteiger partial charge in [0.1, 0.15) is 17.7 Å². The standard InChI is InChI=1S/C13H20N2O6/c1-13(2,3)21-12(20)14-6-4-7-9(16)5-8(11(18)19)15(7)10(6)17/h6-9,16H,4-5H2,1-3H3,(H,14,20)(H,18,19)/t6-,7-,8-,9+/m0/s1. The van der Waals surface area contributed by atoms with Gasteiger partial charge in [-0.05, 0) is 27.2 Å². The highest BCUT2D eigenvalue weighted by Crippen LogP contribution is 2.34. The third-order valence-corrected chi connectivity index (χ3v) is 3.61. The van der Waals surface area contributed by atoms with E-state index in [4.69, 9.17) is 9.84 Å². The predicted molar refractivity (Wildman–Crippen MR) is 70.5 cm³/mol. The molecule has 2 fully saturated rings. The lowest BCUT2D eigenvalue weighted by Crippen LogP contribution is -2.47. The Hall–Kier alpha value is -1.83. The van der Waals surface area contributed by atoms with Crippen molar-refractivity contribution in [3.63, 3.8) is 0 Å². The van der Waals surface area contributed by atoms with E-state index >= 15 is 0 Å². The summed E-state index contributed by atoms with van der Waals surface area (Å²) in [7, 11) is 0. The lowest BCUT2D eigenvalue weighted by atomic mass is 10.1. The maximum absolute atomic E-state index is 12.2. The van der Waals surface area contributed by atoms with Gasteiger partial charge in [-0.15, -0.1) is 0 Å². The van der Waals surface area contributed by atoms with Crippen molar-refractivity contribution < 1.29 is 29.3 Å². The number of hydrogen-bond acceptors (Lipinski definition) is 5. The number of carbonyl (C=O) groups is 3. The van der Waals surface area contributed by atoms with Crippen molar-refractivity contribution in [2.75, 3.05) is 0 Å². The Balaban J connectivity index is 2.04. The fraction of sp³-hybridized carbons (Fsp3) is 0.769. The lowest BCUT2D eigenvalue weighted by Gasteiger charge is -2.22. The van der Waals surface area contributed by atoms with Crippen LogP contribution in [0.5, 0.6) is 0 Å². The highest BCUT2D eigenvalue weighted by atomic mass is 16.6. The van der Waals surface area contributed by atoms with Gasteiger partial charge >= 0.3 is 12.1 Å². The van der Waals surface area contributed by atoms with E-state index in [0.717, 1.165) is 4.90 Å². The van der Waals surface area contributed by atoms with Gasteiger partial charge in [0, 0.05) is 6.42 Å². The van der Waals surface area contributed by atoms with Crippen LogP contribution in [-0.2, 0) is 14.3 Å². The molecule has 3 N–H and O–H groups in total. The van der Waals surface area contributed by atoms with Crippen LogP contribution in [0.4, 0.5) is 4.79 Å². The molecule has 2 aliphatic heterocycles. The van der Waals surface area contributed by atoms with Gasteiger partial charge in [0.15, 0.2) is 0 Å². The molecular formula is C13H20N2O6. The van der Waals surface area contributed by atoms with E-state index < -0.39 is 47.8 Å². The number of aliphatic hydroxyl groups excluding tert-OH is 1. The van der Waals surface area contributed by atoms with Gasteiger partial charge in [-0.1, -0.05) is 0 Å². The molecule has 0 aromatic carbocycles. The normalized spacial score (nSPS) is 32.0. The summed E-state index contributed by atoms with van der Waals surface area (Å²) in [5.41, 5.74) is -0.689. The summed E-state index contributed by atoms with van der Waals surface area (Å²) in [5, 5.41) is 21.4. The minimum atomic E-state index is -1.15. The number of carboxylic acid groups (broad SMARTS) is 1. The number of carbonyl (C=O) groups excluding carboxylic acids is 2. The van der Waals surface area contributed by atoms with E-state index in [2.05, 4.69) is 5.32 Å². The van der Waals surface area contributed by atoms with E-state index in [0.29, 0.717) is 0 Å². The quantitative estimate of drug-likeness (QED) is 0.644. The Morgan fingerprint density at radius 2 is 1.95 bits per heavy atom. The number of nitrogens with zero attached hydrogens (tertiary/aromatic N) is 1. The molecule has 0 spiro atoms. The van der Waals surface area contributed by atoms with Crippen LogP contribution in [-0.4, -0.2) is 62.9 Å². The SMILES string of the molecule is CC(C)(C)OC(=O)N[C@H]1C[C@H]2[C@H](O)C[C@@H](C(=O)O)N2C1=O. The number of nitrogens with one attached hydrogen (secondary N) is 1. The maximum atomic E-state index is 12.2. The second-order valence-corrected chi connectivity index (χ2v) is 6.40. The first-order valence-corrected chi connectivity index (χ1v) is 6.82. The zero-order valence-electron chi connectivity index (χ0n) is 12.2. The summed E-state index contributed by atoms with van der Waals surface area (Å²) in [5.74, 6) is -1.64. The van der Waals surface area contributed by atoms with Crippen LogP contribution >= 0.6 is 0 Å². The highest BCUT2D eigenvalue weighted by Gasteiger charge is 2.54. The molecule has 2 heterocycles. The van der Waals surface area contributed by atoms with Crippen molar-refractivity contribution in [1.29, 1.82) is 0 Å². The van der Waals surface area contributed by atoms with Crippen LogP contribution < -0.4 is 5.32 Å². The number of aliphatic hydroxyl groups is 1. The van der Waals surface area contributed by atoms with E-state index in [1.165, 1.54) is 0 Å². The maximum Gasteiger partial charge on any atom is 0.408 e. The largest absolute Gasteiger partial charge is 0.480 e. The Morgan fingerprint density at radius 1 is 1.33 bits per heavy atom. The number of ether oxygens (including phenoxy) is 1. The zero-order valence-corrected chi connectivity index (χ0v) is 12.2. The Labute approximate surface area is 122 Å². The predicted octanol–water partition coefficient (Wildman–Crippen LogP) is -0.302. The van der Waals surface area contributed by atoms with Gasteiger partial charge in [0.25, 0.3) is 0 Å². The molecule has 8 heteroatoms. The van der Waals surface area contributed by atoms with Gasteiger partial charge in [0.2, 0.25) is 5.91 Å². The van der Waals surface area contributed by atoms with Crippen LogP contribution in [0.25, 0.3) is 0 Å². The summed E-state index contributed by atoms with van der Waals surface area (Å²) in [6.07, 6.45) is -1.42. The van der Waals surface area contributed by atoms with Crippen molar-refractivity contribution in [2.24, 2.45) is 0 Å². The number of alkyl carbamates (subject to hydrolysis) is 1. The second kappa shape index (κ2) is 5.18. The molecule has 118 valence electrons. The highest BCUT2D eigenvalue weighted by molar-refractivity contribution is 5.92. The molecule has 2 rings (SSSR count). The fourth-order valence-electron chi connectivity index (χ4n) is 2.82. The van der Waals surface area contributed by atoms with E-state index in [1.807, 2.05) is 0 Å². The van der Waals surface area contributed by atoms with Crippen LogP contribution in [0.1, 0.15) is 33.6 Å². The molecule has 2 saturated heterocycles. The van der Waals surface area contributed by atoms with Crippen LogP contribution in [0.15, 0.2) is 0 Å². The Kier molecular flexibility index (Phi) is 3.83. The van der Waals surface area contributed by atoms with Gasteiger partial charge in [-0.3, -0.25) is 4.79 Å². The minimum Gasteiger partial charge on any atom is -0.480 e. The molecular weight excluding hydrogens is 280 g/mol. The van der Waals surface area contributed by atoms with Crippen molar-refractivity contribution >= 4 is 18.0 Å². The molecule has 2 amide bonds. The molecule has 21 heavy (non-hydrogen) atoms. The van der Waals surface area contributed by atoms with E-state index in [1.54, 1.807) is 20.8 Å². The first kappa shape index (κ1) is 15.6. The van der Waals surface area contributed by atoms with Crippen molar-refractivity contribution in [3.05, 3.63) is 0 Å². The number of fused-ring (bicyclic) bond motifs is 1. The molecule has 4 atom stereocenters. The summed E-state index contributed by atoms with van der Waals surface area (Å²) in [6, 6.07) is -2.47. The topological polar surface area (TPSA) is 116 Å². The summed E-state index contributed by atoms with van der Waals surface area (Å²) >= 11 is 0. The van der Waals surface area contributed by atoms with E-state index in [9.17, 15) is 19.5 Å². The third-order valence-electron chi connectivity index (χ3n) is 3.61. The summed E-state index contributed by atoms with van der Waals surface area (Å²) < 4.78 is 5.07. The molecule has 0 unspecified atom stereocenters. The van der Waals surface area contributed by atoms with Crippen molar-refractivity contribution in [2.45, 2.75) is 63.4 Å². The fourth-order valence-corrected chi connectivity index (χ4v) is 2.82. The Bertz CT molecular complexity index is 472. The average molecular weight is 300 g/mol. The minimum absolute atomic E-state index is 0.0187. The van der Waals surface area contributed by atoms with Gasteiger partial charge in [0.05, 0.1) is 12.1 Å². The van der Waals surface area contributed by atoms with Gasteiger partial charge < -0.3 is 25.2 Å². The molecule has 0 radical (unpaired) electrons. The Morgan fingerprint density at radius 3 is 2.48 bits per heavy atom. The molecule has 8 nitrogen and oxygen atoms in total. The average Bonchev–Trinajstić information content (AvgIpc) is 2.77. The van der Waals surface area contributed by atoms with Crippen LogP contribution in [0, 0.1) is 0 Å². The number of amides is 2.